The summed E-state index contributed by atoms with van der Waals surface area (Å²) < 4.78 is 0. The summed E-state index contributed by atoms with van der Waals surface area (Å²) in [7, 11) is 0. The van der Waals surface area contributed by atoms with Gasteiger partial charge in [0.1, 0.15) is 11.9 Å². The van der Waals surface area contributed by atoms with Gasteiger partial charge in [-0.1, -0.05) is 0 Å². The molecule has 1 aliphatic heterocycles. The van der Waals surface area contributed by atoms with Crippen molar-refractivity contribution in [2.45, 2.75) is 19.9 Å². The topological polar surface area (TPSA) is 99.6 Å². The molecule has 110 valence electrons. The fourth-order valence-electron chi connectivity index (χ4n) is 2.12. The van der Waals surface area contributed by atoms with E-state index >= 15 is 0 Å². The highest BCUT2D eigenvalue weighted by molar-refractivity contribution is 6.04. The average molecular weight is 289 g/mol. The molecule has 1 atom stereocenters. The number of aliphatic carboxylic acids is 1. The largest absolute Gasteiger partial charge is 0.478 e. The standard InChI is InChI=1S/C14H15N3O4/c1-8-5-10(3-4-12(19)20)6-15-13(8)17-7-11(18)16-14(21)9(17)2/h3-6,9H,7H2,1-2H3,(H,19,20)(H,16,18,21)/b4-3+. The number of piperazine rings is 1. The zero-order valence-electron chi connectivity index (χ0n) is 11.7. The summed E-state index contributed by atoms with van der Waals surface area (Å²) in [6.07, 6.45) is 3.96. The predicted octanol–water partition coefficient (Wildman–Crippen LogP) is 0.339. The van der Waals surface area contributed by atoms with Crippen LogP contribution in [0.25, 0.3) is 6.08 Å². The molecule has 2 rings (SSSR count). The first-order chi connectivity index (χ1) is 9.88. The van der Waals surface area contributed by atoms with Gasteiger partial charge in [0.2, 0.25) is 11.8 Å². The number of carboxylic acids is 1. The van der Waals surface area contributed by atoms with Crippen LogP contribution in [0.15, 0.2) is 18.3 Å². The SMILES string of the molecule is Cc1cc(/C=C/C(=O)O)cnc1N1CC(=O)NC(=O)C1C. The molecule has 1 aliphatic rings. The van der Waals surface area contributed by atoms with E-state index in [4.69, 9.17) is 5.11 Å². The number of carbonyl (C=O) groups excluding carboxylic acids is 2. The van der Waals surface area contributed by atoms with E-state index in [1.165, 1.54) is 12.3 Å². The van der Waals surface area contributed by atoms with Crippen molar-refractivity contribution >= 4 is 29.7 Å². The van der Waals surface area contributed by atoms with E-state index in [1.54, 1.807) is 24.8 Å². The van der Waals surface area contributed by atoms with E-state index in [2.05, 4.69) is 10.3 Å². The Morgan fingerprint density at radius 2 is 2.24 bits per heavy atom. The molecule has 7 nitrogen and oxygen atoms in total. The average Bonchev–Trinajstić information content (AvgIpc) is 2.41. The maximum Gasteiger partial charge on any atom is 0.328 e. The van der Waals surface area contributed by atoms with Gasteiger partial charge in [-0.2, -0.15) is 0 Å². The molecule has 0 radical (unpaired) electrons. The van der Waals surface area contributed by atoms with Gasteiger partial charge in [0, 0.05) is 12.3 Å². The molecule has 7 heteroatoms. The maximum absolute atomic E-state index is 11.7. The van der Waals surface area contributed by atoms with Crippen LogP contribution >= 0.6 is 0 Å². The summed E-state index contributed by atoms with van der Waals surface area (Å²) in [5.41, 5.74) is 1.40. The van der Waals surface area contributed by atoms with Crippen molar-refractivity contribution in [3.05, 3.63) is 29.5 Å². The van der Waals surface area contributed by atoms with Crippen molar-refractivity contribution in [1.82, 2.24) is 10.3 Å². The Bertz CT molecular complexity index is 639. The fraction of sp³-hybridized carbons (Fsp3) is 0.286. The molecule has 21 heavy (non-hydrogen) atoms. The second-order valence-corrected chi connectivity index (χ2v) is 4.80. The van der Waals surface area contributed by atoms with E-state index in [0.717, 1.165) is 11.6 Å². The summed E-state index contributed by atoms with van der Waals surface area (Å²) in [5, 5.41) is 10.9. The van der Waals surface area contributed by atoms with E-state index in [9.17, 15) is 14.4 Å². The third-order valence-corrected chi connectivity index (χ3v) is 3.19. The van der Waals surface area contributed by atoms with Gasteiger partial charge in [-0.3, -0.25) is 14.9 Å². The van der Waals surface area contributed by atoms with Crippen molar-refractivity contribution in [3.63, 3.8) is 0 Å². The quantitative estimate of drug-likeness (QED) is 0.615. The number of amides is 2. The number of hydrogen-bond acceptors (Lipinski definition) is 5. The molecule has 0 saturated carbocycles. The van der Waals surface area contributed by atoms with Crippen molar-refractivity contribution in [3.8, 4) is 0 Å². The number of pyridine rings is 1. The van der Waals surface area contributed by atoms with Gasteiger partial charge >= 0.3 is 5.97 Å². The maximum atomic E-state index is 11.7. The van der Waals surface area contributed by atoms with Crippen molar-refractivity contribution in [2.75, 3.05) is 11.4 Å². The van der Waals surface area contributed by atoms with Crippen molar-refractivity contribution < 1.29 is 19.5 Å². The summed E-state index contributed by atoms with van der Waals surface area (Å²) in [6, 6.07) is 1.26. The lowest BCUT2D eigenvalue weighted by Crippen LogP contribution is -2.57. The number of imide groups is 1. The van der Waals surface area contributed by atoms with Gasteiger partial charge in [-0.05, 0) is 37.1 Å². The molecule has 1 fully saturated rings. The number of nitrogens with zero attached hydrogens (tertiary/aromatic N) is 2. The Morgan fingerprint density at radius 3 is 2.86 bits per heavy atom. The second kappa shape index (κ2) is 5.74. The molecule has 0 aromatic carbocycles. The summed E-state index contributed by atoms with van der Waals surface area (Å²) in [6.45, 7) is 3.55. The van der Waals surface area contributed by atoms with Crippen LogP contribution in [0.4, 0.5) is 5.82 Å². The van der Waals surface area contributed by atoms with Crippen LogP contribution in [-0.4, -0.2) is 40.5 Å². The summed E-state index contributed by atoms with van der Waals surface area (Å²) in [5.74, 6) is -1.22. The Hall–Kier alpha value is -2.70. The number of anilines is 1. The molecule has 2 heterocycles. The van der Waals surface area contributed by atoms with Gasteiger partial charge in [0.25, 0.3) is 0 Å². The molecule has 2 amide bonds. The number of carbonyl (C=O) groups is 3. The molecule has 0 bridgehead atoms. The number of aromatic nitrogens is 1. The number of aryl methyl sites for hydroxylation is 1. The lowest BCUT2D eigenvalue weighted by atomic mass is 10.1. The Morgan fingerprint density at radius 1 is 1.52 bits per heavy atom. The Balaban J connectivity index is 2.30. The number of nitrogens with one attached hydrogen (secondary N) is 1. The monoisotopic (exact) mass is 289 g/mol. The molecule has 2 N–H and O–H groups in total. The smallest absolute Gasteiger partial charge is 0.328 e. The first-order valence-electron chi connectivity index (χ1n) is 6.36. The van der Waals surface area contributed by atoms with Crippen molar-refractivity contribution in [1.29, 1.82) is 0 Å². The third-order valence-electron chi connectivity index (χ3n) is 3.19. The van der Waals surface area contributed by atoms with Crippen LogP contribution in [-0.2, 0) is 14.4 Å². The Labute approximate surface area is 121 Å². The summed E-state index contributed by atoms with van der Waals surface area (Å²) >= 11 is 0. The third kappa shape index (κ3) is 3.25. The normalized spacial score (nSPS) is 19.0. The number of hydrogen-bond donors (Lipinski definition) is 2. The highest BCUT2D eigenvalue weighted by Crippen LogP contribution is 2.22. The zero-order valence-corrected chi connectivity index (χ0v) is 11.7. The van der Waals surface area contributed by atoms with E-state index in [0.29, 0.717) is 11.4 Å². The van der Waals surface area contributed by atoms with Gasteiger partial charge < -0.3 is 10.0 Å². The molecular weight excluding hydrogens is 274 g/mol. The minimum Gasteiger partial charge on any atom is -0.478 e. The first kappa shape index (κ1) is 14.7. The minimum atomic E-state index is -1.04. The highest BCUT2D eigenvalue weighted by Gasteiger charge is 2.31. The molecule has 0 aliphatic carbocycles. The molecule has 1 aromatic heterocycles. The van der Waals surface area contributed by atoms with Gasteiger partial charge in [0.05, 0.1) is 6.54 Å². The van der Waals surface area contributed by atoms with Crippen LogP contribution in [0.3, 0.4) is 0 Å². The minimum absolute atomic E-state index is 0.0606. The lowest BCUT2D eigenvalue weighted by Gasteiger charge is -2.33. The zero-order chi connectivity index (χ0) is 15.6. The second-order valence-electron chi connectivity index (χ2n) is 4.80. The van der Waals surface area contributed by atoms with Gasteiger partial charge in [-0.25, -0.2) is 9.78 Å². The Kier molecular flexibility index (Phi) is 4.02. The van der Waals surface area contributed by atoms with E-state index < -0.39 is 12.0 Å². The lowest BCUT2D eigenvalue weighted by molar-refractivity contribution is -0.133. The van der Waals surface area contributed by atoms with E-state index in [1.807, 2.05) is 0 Å². The number of rotatable bonds is 3. The van der Waals surface area contributed by atoms with Crippen LogP contribution in [0.5, 0.6) is 0 Å². The fourth-order valence-corrected chi connectivity index (χ4v) is 2.12. The predicted molar refractivity (Wildman–Crippen MR) is 75.6 cm³/mol. The van der Waals surface area contributed by atoms with E-state index in [-0.39, 0.29) is 18.4 Å². The van der Waals surface area contributed by atoms with Crippen LogP contribution in [0.2, 0.25) is 0 Å². The van der Waals surface area contributed by atoms with Crippen molar-refractivity contribution in [2.24, 2.45) is 0 Å². The number of carboxylic acid groups (broad SMARTS) is 1. The molecule has 1 saturated heterocycles. The van der Waals surface area contributed by atoms with Gasteiger partial charge in [-0.15, -0.1) is 0 Å². The molecular formula is C14H15N3O4. The van der Waals surface area contributed by atoms with Crippen LogP contribution in [0.1, 0.15) is 18.1 Å². The molecule has 1 aromatic rings. The van der Waals surface area contributed by atoms with Gasteiger partial charge in [0.15, 0.2) is 0 Å². The summed E-state index contributed by atoms with van der Waals surface area (Å²) in [4.78, 5) is 39.5. The molecule has 0 spiro atoms. The first-order valence-corrected chi connectivity index (χ1v) is 6.36. The highest BCUT2D eigenvalue weighted by atomic mass is 16.4. The van der Waals surface area contributed by atoms with Crippen LogP contribution in [0, 0.1) is 6.92 Å². The molecule has 1 unspecified atom stereocenters. The van der Waals surface area contributed by atoms with Crippen LogP contribution < -0.4 is 10.2 Å².